The van der Waals surface area contributed by atoms with Crippen molar-refractivity contribution < 1.29 is 17.9 Å². The van der Waals surface area contributed by atoms with Gasteiger partial charge in [-0.15, -0.1) is 11.3 Å². The summed E-state index contributed by atoms with van der Waals surface area (Å²) in [6.45, 7) is 2.39. The number of fused-ring (bicyclic) bond motifs is 1. The number of nitrogens with zero attached hydrogens (tertiary/aromatic N) is 3. The number of benzene rings is 1. The highest BCUT2D eigenvalue weighted by Gasteiger charge is 2.14. The zero-order valence-corrected chi connectivity index (χ0v) is 19.7. The second-order valence-corrected chi connectivity index (χ2v) is 10.3. The fourth-order valence-electron chi connectivity index (χ4n) is 3.26. The monoisotopic (exact) mass is 470 g/mol. The summed E-state index contributed by atoms with van der Waals surface area (Å²) in [4.78, 5) is 15.4. The van der Waals surface area contributed by atoms with Crippen LogP contribution in [-0.2, 0) is 16.4 Å². The van der Waals surface area contributed by atoms with Crippen LogP contribution in [0.3, 0.4) is 0 Å². The Morgan fingerprint density at radius 1 is 1.03 bits per heavy atom. The Kier molecular flexibility index (Phi) is 5.98. The summed E-state index contributed by atoms with van der Waals surface area (Å²) < 4.78 is 34.5. The molecule has 0 spiro atoms. The minimum atomic E-state index is -3.31. The number of aryl methyl sites for hydroxylation is 1. The Hall–Kier alpha value is -3.24. The summed E-state index contributed by atoms with van der Waals surface area (Å²) >= 11 is 1.56. The third-order valence-electron chi connectivity index (χ3n) is 4.83. The SMILES string of the molecule is COc1cc2nc(C)nc(NCc3ccc(-c4cncc(S(C)(=O)=O)c4)s3)c2cc1OC. The molecule has 0 saturated carbocycles. The largest absolute Gasteiger partial charge is 0.493 e. The van der Waals surface area contributed by atoms with Crippen molar-refractivity contribution in [3.05, 3.63) is 53.4 Å². The lowest BCUT2D eigenvalue weighted by Gasteiger charge is -2.12. The van der Waals surface area contributed by atoms with Crippen LogP contribution < -0.4 is 14.8 Å². The second kappa shape index (κ2) is 8.71. The molecule has 0 bridgehead atoms. The van der Waals surface area contributed by atoms with Gasteiger partial charge in [0.15, 0.2) is 21.3 Å². The summed E-state index contributed by atoms with van der Waals surface area (Å²) in [5, 5.41) is 4.21. The van der Waals surface area contributed by atoms with Crippen LogP contribution >= 0.6 is 11.3 Å². The number of anilines is 1. The quantitative estimate of drug-likeness (QED) is 0.431. The van der Waals surface area contributed by atoms with Crippen LogP contribution in [0.15, 0.2) is 47.6 Å². The third-order valence-corrected chi connectivity index (χ3v) is 7.04. The molecule has 4 aromatic rings. The Bertz CT molecular complexity index is 1400. The van der Waals surface area contributed by atoms with Crippen LogP contribution in [0, 0.1) is 6.92 Å². The summed E-state index contributed by atoms with van der Waals surface area (Å²) in [5.74, 6) is 2.55. The average molecular weight is 471 g/mol. The number of aromatic nitrogens is 3. The summed E-state index contributed by atoms with van der Waals surface area (Å²) in [7, 11) is -0.132. The normalized spacial score (nSPS) is 11.5. The lowest BCUT2D eigenvalue weighted by atomic mass is 10.2. The van der Waals surface area contributed by atoms with Gasteiger partial charge in [0.1, 0.15) is 11.6 Å². The Morgan fingerprint density at radius 2 is 1.78 bits per heavy atom. The first kappa shape index (κ1) is 22.0. The molecule has 0 saturated heterocycles. The molecule has 0 radical (unpaired) electrons. The maximum atomic E-state index is 11.8. The topological polar surface area (TPSA) is 103 Å². The second-order valence-electron chi connectivity index (χ2n) is 7.14. The first-order valence-electron chi connectivity index (χ1n) is 9.67. The number of pyridine rings is 1. The van der Waals surface area contributed by atoms with Crippen molar-refractivity contribution in [2.45, 2.75) is 18.4 Å². The molecule has 0 aliphatic carbocycles. The molecular formula is C22H22N4O4S2. The predicted octanol–water partition coefficient (Wildman–Crippen LogP) is 4.09. The van der Waals surface area contributed by atoms with Gasteiger partial charge < -0.3 is 14.8 Å². The lowest BCUT2D eigenvalue weighted by molar-refractivity contribution is 0.356. The predicted molar refractivity (Wildman–Crippen MR) is 125 cm³/mol. The zero-order chi connectivity index (χ0) is 22.9. The van der Waals surface area contributed by atoms with Gasteiger partial charge in [0.25, 0.3) is 0 Å². The standard InChI is InChI=1S/C22H22N4O4S2/c1-13-25-18-9-20(30-3)19(29-2)8-17(18)22(26-13)24-11-15-5-6-21(31-15)14-7-16(12-23-10-14)32(4,27)28/h5-10,12H,11H2,1-4H3,(H,24,25,26). The van der Waals surface area contributed by atoms with Crippen molar-refractivity contribution in [2.75, 3.05) is 25.8 Å². The van der Waals surface area contributed by atoms with Crippen LogP contribution in [0.5, 0.6) is 11.5 Å². The number of methoxy groups -OCH3 is 2. The fraction of sp³-hybridized carbons (Fsp3) is 0.227. The van der Waals surface area contributed by atoms with Crippen molar-refractivity contribution in [1.82, 2.24) is 15.0 Å². The fourth-order valence-corrected chi connectivity index (χ4v) is 4.78. The maximum absolute atomic E-state index is 11.8. The van der Waals surface area contributed by atoms with E-state index in [-0.39, 0.29) is 4.90 Å². The Balaban J connectivity index is 1.61. The van der Waals surface area contributed by atoms with Crippen molar-refractivity contribution >= 4 is 37.9 Å². The molecule has 166 valence electrons. The maximum Gasteiger partial charge on any atom is 0.177 e. The van der Waals surface area contributed by atoms with E-state index in [2.05, 4.69) is 20.3 Å². The van der Waals surface area contributed by atoms with Crippen molar-refractivity contribution in [1.29, 1.82) is 0 Å². The van der Waals surface area contributed by atoms with E-state index in [1.807, 2.05) is 31.2 Å². The highest BCUT2D eigenvalue weighted by molar-refractivity contribution is 7.90. The smallest absolute Gasteiger partial charge is 0.177 e. The molecule has 0 aliphatic rings. The number of sulfone groups is 1. The number of nitrogens with one attached hydrogen (secondary N) is 1. The van der Waals surface area contributed by atoms with E-state index in [9.17, 15) is 8.42 Å². The van der Waals surface area contributed by atoms with Crippen LogP contribution in [0.25, 0.3) is 21.3 Å². The first-order chi connectivity index (χ1) is 15.3. The van der Waals surface area contributed by atoms with Gasteiger partial charge in [0.2, 0.25) is 0 Å². The van der Waals surface area contributed by atoms with Crippen LogP contribution in [0.2, 0.25) is 0 Å². The number of rotatable bonds is 7. The summed E-state index contributed by atoms with van der Waals surface area (Å²) in [5.41, 5.74) is 1.53. The van der Waals surface area contributed by atoms with E-state index in [1.165, 1.54) is 12.5 Å². The Labute approximate surface area is 190 Å². The van der Waals surface area contributed by atoms with Crippen LogP contribution in [0.4, 0.5) is 5.82 Å². The van der Waals surface area contributed by atoms with Crippen LogP contribution in [0.1, 0.15) is 10.7 Å². The van der Waals surface area contributed by atoms with Crippen LogP contribution in [-0.4, -0.2) is 43.8 Å². The Morgan fingerprint density at radius 3 is 2.50 bits per heavy atom. The summed E-state index contributed by atoms with van der Waals surface area (Å²) in [6.07, 6.45) is 4.20. The lowest BCUT2D eigenvalue weighted by Crippen LogP contribution is -2.04. The van der Waals surface area contributed by atoms with E-state index >= 15 is 0 Å². The minimum absolute atomic E-state index is 0.204. The van der Waals surface area contributed by atoms with E-state index in [0.717, 1.165) is 26.2 Å². The average Bonchev–Trinajstić information content (AvgIpc) is 3.25. The number of hydrogen-bond donors (Lipinski definition) is 1. The number of thiophene rings is 1. The van der Waals surface area contributed by atoms with Crippen molar-refractivity contribution in [3.8, 4) is 21.9 Å². The van der Waals surface area contributed by atoms with Gasteiger partial charge in [0, 0.05) is 45.4 Å². The zero-order valence-electron chi connectivity index (χ0n) is 18.0. The van der Waals surface area contributed by atoms with Gasteiger partial charge in [-0.2, -0.15) is 0 Å². The summed E-state index contributed by atoms with van der Waals surface area (Å²) in [6, 6.07) is 9.30. The number of hydrogen-bond acceptors (Lipinski definition) is 9. The molecular weight excluding hydrogens is 448 g/mol. The molecule has 0 fully saturated rings. The highest BCUT2D eigenvalue weighted by atomic mass is 32.2. The first-order valence-corrected chi connectivity index (χ1v) is 12.4. The van der Waals surface area contributed by atoms with Gasteiger partial charge in [-0.3, -0.25) is 4.98 Å². The molecule has 32 heavy (non-hydrogen) atoms. The molecule has 0 atom stereocenters. The van der Waals surface area contributed by atoms with E-state index in [1.54, 1.807) is 37.8 Å². The van der Waals surface area contributed by atoms with Crippen molar-refractivity contribution in [3.63, 3.8) is 0 Å². The van der Waals surface area contributed by atoms with Gasteiger partial charge in [-0.25, -0.2) is 18.4 Å². The van der Waals surface area contributed by atoms with Gasteiger partial charge in [-0.05, 0) is 31.2 Å². The van der Waals surface area contributed by atoms with Gasteiger partial charge >= 0.3 is 0 Å². The highest BCUT2D eigenvalue weighted by Crippen LogP contribution is 2.35. The molecule has 10 heteroatoms. The molecule has 1 N–H and O–H groups in total. The number of ether oxygens (including phenoxy) is 2. The third kappa shape index (κ3) is 4.51. The molecule has 0 aliphatic heterocycles. The molecule has 3 aromatic heterocycles. The molecule has 1 aromatic carbocycles. The van der Waals surface area contributed by atoms with E-state index in [4.69, 9.17) is 9.47 Å². The van der Waals surface area contributed by atoms with Gasteiger partial charge in [0.05, 0.1) is 31.2 Å². The molecule has 3 heterocycles. The van der Waals surface area contributed by atoms with E-state index < -0.39 is 9.84 Å². The molecule has 8 nitrogen and oxygen atoms in total. The molecule has 4 rings (SSSR count). The van der Waals surface area contributed by atoms with E-state index in [0.29, 0.717) is 29.7 Å². The van der Waals surface area contributed by atoms with Gasteiger partial charge in [-0.1, -0.05) is 0 Å². The molecule has 0 unspecified atom stereocenters. The minimum Gasteiger partial charge on any atom is -0.493 e. The molecule has 0 amide bonds. The van der Waals surface area contributed by atoms with Crippen molar-refractivity contribution in [2.24, 2.45) is 0 Å².